The van der Waals surface area contributed by atoms with Crippen LogP contribution in [0.4, 0.5) is 0 Å². The molecule has 0 saturated carbocycles. The average molecular weight is 449 g/mol. The molecule has 3 aromatic rings. The summed E-state index contributed by atoms with van der Waals surface area (Å²) in [5, 5.41) is 0.554. The first-order valence-electron chi connectivity index (χ1n) is 8.65. The molecule has 0 radical (unpaired) electrons. The van der Waals surface area contributed by atoms with Gasteiger partial charge in [0.15, 0.2) is 11.4 Å². The van der Waals surface area contributed by atoms with Crippen molar-refractivity contribution in [1.82, 2.24) is 4.57 Å². The van der Waals surface area contributed by atoms with Gasteiger partial charge in [-0.25, -0.2) is 4.79 Å². The summed E-state index contributed by atoms with van der Waals surface area (Å²) in [7, 11) is 2.56. The molecule has 0 aliphatic carbocycles. The Morgan fingerprint density at radius 2 is 1.80 bits per heavy atom. The highest BCUT2D eigenvalue weighted by Crippen LogP contribution is 2.20. The fourth-order valence-corrected chi connectivity index (χ4v) is 3.78. The van der Waals surface area contributed by atoms with Gasteiger partial charge in [-0.2, -0.15) is 4.99 Å². The zero-order chi connectivity index (χ0) is 21.7. The molecule has 156 valence electrons. The minimum Gasteiger partial charge on any atom is -0.484 e. The lowest BCUT2D eigenvalue weighted by atomic mass is 10.2. The van der Waals surface area contributed by atoms with Crippen molar-refractivity contribution in [3.05, 3.63) is 57.9 Å². The molecule has 1 amide bonds. The minimum atomic E-state index is -0.539. The number of hydrogen-bond acceptors (Lipinski definition) is 7. The van der Waals surface area contributed by atoms with E-state index >= 15 is 0 Å². The fraction of sp³-hybridized carbons (Fsp3) is 0.200. The minimum absolute atomic E-state index is 0.141. The molecule has 30 heavy (non-hydrogen) atoms. The molecule has 0 unspecified atom stereocenters. The second-order valence-electron chi connectivity index (χ2n) is 5.97. The van der Waals surface area contributed by atoms with Crippen molar-refractivity contribution in [3.8, 4) is 5.75 Å². The number of rotatable bonds is 6. The third kappa shape index (κ3) is 5.05. The number of thiazole rings is 1. The summed E-state index contributed by atoms with van der Waals surface area (Å²) >= 11 is 6.98. The zero-order valence-corrected chi connectivity index (χ0v) is 17.7. The maximum atomic E-state index is 12.3. The van der Waals surface area contributed by atoms with E-state index < -0.39 is 17.8 Å². The second kappa shape index (κ2) is 9.55. The highest BCUT2D eigenvalue weighted by atomic mass is 35.5. The van der Waals surface area contributed by atoms with E-state index in [-0.39, 0.29) is 18.0 Å². The van der Waals surface area contributed by atoms with Crippen LogP contribution in [-0.2, 0) is 25.6 Å². The lowest BCUT2D eigenvalue weighted by molar-refractivity contribution is -0.141. The molecule has 0 aliphatic rings. The van der Waals surface area contributed by atoms with Gasteiger partial charge in [0.2, 0.25) is 0 Å². The lowest BCUT2D eigenvalue weighted by Gasteiger charge is -2.05. The van der Waals surface area contributed by atoms with Crippen LogP contribution in [0.25, 0.3) is 10.2 Å². The Kier molecular flexibility index (Phi) is 6.86. The molecular weight excluding hydrogens is 432 g/mol. The topological polar surface area (TPSA) is 96.2 Å². The standard InChI is InChI=1S/C20H17ClN2O6S/c1-27-18(25)10-23-15-8-3-12(19(26)28-2)9-16(15)30-20(23)22-17(24)11-29-14-6-4-13(21)5-7-14/h3-9H,10-11H2,1-2H3. The number of halogens is 1. The van der Waals surface area contributed by atoms with E-state index in [0.29, 0.717) is 26.6 Å². The van der Waals surface area contributed by atoms with Gasteiger partial charge in [-0.3, -0.25) is 9.59 Å². The number of benzene rings is 2. The van der Waals surface area contributed by atoms with Gasteiger partial charge in [0.05, 0.1) is 30.0 Å². The van der Waals surface area contributed by atoms with Crippen molar-refractivity contribution in [3.63, 3.8) is 0 Å². The number of carbonyl (C=O) groups is 3. The molecule has 0 saturated heterocycles. The van der Waals surface area contributed by atoms with E-state index in [1.807, 2.05) is 0 Å². The van der Waals surface area contributed by atoms with Gasteiger partial charge in [-0.15, -0.1) is 0 Å². The summed E-state index contributed by atoms with van der Waals surface area (Å²) in [5.41, 5.74) is 0.976. The normalized spacial score (nSPS) is 11.4. The third-order valence-corrected chi connectivity index (χ3v) is 5.31. The van der Waals surface area contributed by atoms with Gasteiger partial charge >= 0.3 is 11.9 Å². The number of fused-ring (bicyclic) bond motifs is 1. The molecule has 0 fully saturated rings. The maximum Gasteiger partial charge on any atom is 0.337 e. The fourth-order valence-electron chi connectivity index (χ4n) is 2.56. The van der Waals surface area contributed by atoms with E-state index in [4.69, 9.17) is 25.8 Å². The molecule has 3 rings (SSSR count). The average Bonchev–Trinajstić information content (AvgIpc) is 3.08. The van der Waals surface area contributed by atoms with E-state index in [9.17, 15) is 14.4 Å². The van der Waals surface area contributed by atoms with Crippen LogP contribution in [0.5, 0.6) is 5.75 Å². The van der Waals surface area contributed by atoms with Gasteiger partial charge in [0, 0.05) is 5.02 Å². The number of aromatic nitrogens is 1. The second-order valence-corrected chi connectivity index (χ2v) is 7.41. The first-order valence-corrected chi connectivity index (χ1v) is 9.85. The van der Waals surface area contributed by atoms with Crippen LogP contribution in [-0.4, -0.2) is 43.2 Å². The van der Waals surface area contributed by atoms with Gasteiger partial charge in [-0.05, 0) is 42.5 Å². The molecule has 8 nitrogen and oxygen atoms in total. The SMILES string of the molecule is COC(=O)Cn1c(=NC(=O)COc2ccc(Cl)cc2)sc2cc(C(=O)OC)ccc21. The highest BCUT2D eigenvalue weighted by Gasteiger charge is 2.14. The summed E-state index contributed by atoms with van der Waals surface area (Å²) in [5.74, 6) is -1.05. The number of hydrogen-bond donors (Lipinski definition) is 0. The Hall–Kier alpha value is -3.17. The number of carbonyl (C=O) groups excluding carboxylic acids is 3. The Labute approximate surface area is 180 Å². The monoisotopic (exact) mass is 448 g/mol. The molecule has 1 aromatic heterocycles. The molecule has 0 N–H and O–H groups in total. The van der Waals surface area contributed by atoms with E-state index in [2.05, 4.69) is 4.99 Å². The number of methoxy groups -OCH3 is 2. The van der Waals surface area contributed by atoms with Crippen molar-refractivity contribution in [1.29, 1.82) is 0 Å². The summed E-state index contributed by atoms with van der Waals surface area (Å²) in [6, 6.07) is 11.4. The largest absolute Gasteiger partial charge is 0.484 e. The zero-order valence-electron chi connectivity index (χ0n) is 16.1. The predicted octanol–water partition coefficient (Wildman–Crippen LogP) is 2.82. The molecule has 0 atom stereocenters. The summed E-state index contributed by atoms with van der Waals surface area (Å²) in [4.78, 5) is 40.3. The van der Waals surface area contributed by atoms with E-state index in [1.165, 1.54) is 14.2 Å². The van der Waals surface area contributed by atoms with E-state index in [1.54, 1.807) is 47.0 Å². The van der Waals surface area contributed by atoms with Gasteiger partial charge < -0.3 is 18.8 Å². The van der Waals surface area contributed by atoms with E-state index in [0.717, 1.165) is 11.3 Å². The van der Waals surface area contributed by atoms with Crippen molar-refractivity contribution < 1.29 is 28.6 Å². The van der Waals surface area contributed by atoms with Crippen LogP contribution < -0.4 is 9.54 Å². The molecule has 1 heterocycles. The van der Waals surface area contributed by atoms with Crippen molar-refractivity contribution in [2.24, 2.45) is 4.99 Å². The number of nitrogens with zero attached hydrogens (tertiary/aromatic N) is 2. The Balaban J connectivity index is 1.93. The highest BCUT2D eigenvalue weighted by molar-refractivity contribution is 7.16. The number of esters is 2. The summed E-state index contributed by atoms with van der Waals surface area (Å²) < 4.78 is 17.1. The Morgan fingerprint density at radius 1 is 1.07 bits per heavy atom. The van der Waals surface area contributed by atoms with Crippen LogP contribution >= 0.6 is 22.9 Å². The van der Waals surface area contributed by atoms with Crippen molar-refractivity contribution in [2.45, 2.75) is 6.54 Å². The summed E-state index contributed by atoms with van der Waals surface area (Å²) in [6.07, 6.45) is 0. The molecule has 0 bridgehead atoms. The first-order chi connectivity index (χ1) is 14.4. The quantitative estimate of drug-likeness (QED) is 0.538. The van der Waals surface area contributed by atoms with Crippen molar-refractivity contribution in [2.75, 3.05) is 20.8 Å². The van der Waals surface area contributed by atoms with Crippen LogP contribution in [0.1, 0.15) is 10.4 Å². The molecule has 0 aliphatic heterocycles. The predicted molar refractivity (Wildman–Crippen MR) is 111 cm³/mol. The van der Waals surface area contributed by atoms with Crippen LogP contribution in [0.2, 0.25) is 5.02 Å². The molecule has 0 spiro atoms. The smallest absolute Gasteiger partial charge is 0.337 e. The van der Waals surface area contributed by atoms with Gasteiger partial charge in [0.25, 0.3) is 5.91 Å². The van der Waals surface area contributed by atoms with Gasteiger partial charge in [-0.1, -0.05) is 22.9 Å². The Morgan fingerprint density at radius 3 is 2.47 bits per heavy atom. The molecular formula is C20H17ClN2O6S. The van der Waals surface area contributed by atoms with Crippen LogP contribution in [0.3, 0.4) is 0 Å². The lowest BCUT2D eigenvalue weighted by Crippen LogP contribution is -2.23. The Bertz CT molecular complexity index is 1170. The third-order valence-electron chi connectivity index (χ3n) is 4.02. The first kappa shape index (κ1) is 21.5. The van der Waals surface area contributed by atoms with Crippen LogP contribution in [0.15, 0.2) is 47.5 Å². The maximum absolute atomic E-state index is 12.3. The summed E-state index contributed by atoms with van der Waals surface area (Å²) in [6.45, 7) is -0.431. The number of amides is 1. The number of ether oxygens (including phenoxy) is 3. The van der Waals surface area contributed by atoms with Crippen molar-refractivity contribution >= 4 is 51.0 Å². The van der Waals surface area contributed by atoms with Gasteiger partial charge in [0.1, 0.15) is 12.3 Å². The van der Waals surface area contributed by atoms with Crippen LogP contribution in [0, 0.1) is 0 Å². The molecule has 2 aromatic carbocycles. The molecule has 10 heteroatoms.